The molecule has 0 bridgehead atoms. The Bertz CT molecular complexity index is 885. The van der Waals surface area contributed by atoms with Crippen molar-refractivity contribution in [2.45, 2.75) is 26.2 Å². The molecule has 1 amide bonds. The smallest absolute Gasteiger partial charge is 0.340 e. The van der Waals surface area contributed by atoms with Crippen LogP contribution >= 0.6 is 0 Å². The Morgan fingerprint density at radius 3 is 2.58 bits per heavy atom. The van der Waals surface area contributed by atoms with Crippen molar-refractivity contribution in [2.75, 3.05) is 20.8 Å². The van der Waals surface area contributed by atoms with Gasteiger partial charge >= 0.3 is 5.63 Å². The first-order chi connectivity index (χ1) is 12.4. The Morgan fingerprint density at radius 2 is 1.96 bits per heavy atom. The normalized spacial score (nSPS) is 10.6. The predicted octanol–water partition coefficient (Wildman–Crippen LogP) is 0.307. The van der Waals surface area contributed by atoms with Crippen molar-refractivity contribution >= 4 is 22.8 Å². The molecule has 1 aromatic carbocycles. The van der Waals surface area contributed by atoms with Gasteiger partial charge < -0.3 is 29.1 Å². The van der Waals surface area contributed by atoms with Gasteiger partial charge in [-0.05, 0) is 37.5 Å². The van der Waals surface area contributed by atoms with Crippen LogP contribution in [0.15, 0.2) is 21.3 Å². The van der Waals surface area contributed by atoms with E-state index < -0.39 is 17.5 Å². The van der Waals surface area contributed by atoms with Gasteiger partial charge in [0, 0.05) is 17.9 Å². The molecule has 0 fully saturated rings. The summed E-state index contributed by atoms with van der Waals surface area (Å²) in [4.78, 5) is 34.7. The van der Waals surface area contributed by atoms with E-state index in [1.807, 2.05) is 0 Å². The lowest BCUT2D eigenvalue weighted by molar-refractivity contribution is -0.305. The van der Waals surface area contributed by atoms with Gasteiger partial charge in [-0.15, -0.1) is 0 Å². The minimum Gasteiger partial charge on any atom is -0.550 e. The molecule has 0 saturated heterocycles. The summed E-state index contributed by atoms with van der Waals surface area (Å²) >= 11 is 0. The van der Waals surface area contributed by atoms with Crippen LogP contribution in [-0.4, -0.2) is 32.6 Å². The second-order valence-corrected chi connectivity index (χ2v) is 5.67. The van der Waals surface area contributed by atoms with E-state index >= 15 is 0 Å². The third kappa shape index (κ3) is 4.14. The molecule has 0 aliphatic carbocycles. The second-order valence-electron chi connectivity index (χ2n) is 5.67. The number of methoxy groups -OCH3 is 2. The van der Waals surface area contributed by atoms with Gasteiger partial charge in [-0.2, -0.15) is 0 Å². The highest BCUT2D eigenvalue weighted by Gasteiger charge is 2.19. The Kier molecular flexibility index (Phi) is 6.21. The lowest BCUT2D eigenvalue weighted by Crippen LogP contribution is -2.30. The van der Waals surface area contributed by atoms with Crippen LogP contribution < -0.4 is 25.5 Å². The van der Waals surface area contributed by atoms with Gasteiger partial charge in [0.2, 0.25) is 11.7 Å². The van der Waals surface area contributed by atoms with E-state index in [9.17, 15) is 19.5 Å². The third-order valence-corrected chi connectivity index (χ3v) is 4.02. The van der Waals surface area contributed by atoms with Gasteiger partial charge in [0.05, 0.1) is 26.2 Å². The van der Waals surface area contributed by atoms with Crippen molar-refractivity contribution in [1.82, 2.24) is 5.32 Å². The van der Waals surface area contributed by atoms with Crippen molar-refractivity contribution in [2.24, 2.45) is 0 Å². The molecule has 0 aliphatic rings. The molecule has 0 aliphatic heterocycles. The molecule has 0 unspecified atom stereocenters. The highest BCUT2D eigenvalue weighted by atomic mass is 16.5. The molecule has 1 aromatic heterocycles. The van der Waals surface area contributed by atoms with E-state index in [1.54, 1.807) is 19.1 Å². The fourth-order valence-electron chi connectivity index (χ4n) is 2.65. The standard InChI is InChI=1S/C18H21NO7/c1-10-11-6-7-13(24-2)17(25-3)16(11)26-18(23)12(10)9-14(20)19-8-4-5-15(21)22/h6-7H,4-5,8-9H2,1-3H3,(H,19,20)(H,21,22)/p-1. The molecule has 8 nitrogen and oxygen atoms in total. The molecule has 26 heavy (non-hydrogen) atoms. The first-order valence-electron chi connectivity index (χ1n) is 8.02. The molecule has 0 atom stereocenters. The molecule has 2 rings (SSSR count). The molecule has 0 radical (unpaired) electrons. The summed E-state index contributed by atoms with van der Waals surface area (Å²) in [6.45, 7) is 1.92. The monoisotopic (exact) mass is 362 g/mol. The van der Waals surface area contributed by atoms with Gasteiger partial charge in [0.15, 0.2) is 11.3 Å². The maximum absolute atomic E-state index is 12.3. The Morgan fingerprint density at radius 1 is 1.23 bits per heavy atom. The molecule has 1 heterocycles. The topological polar surface area (TPSA) is 118 Å². The number of hydrogen-bond acceptors (Lipinski definition) is 7. The van der Waals surface area contributed by atoms with Crippen LogP contribution in [0.3, 0.4) is 0 Å². The van der Waals surface area contributed by atoms with E-state index in [1.165, 1.54) is 14.2 Å². The van der Waals surface area contributed by atoms with Gasteiger partial charge in [0.1, 0.15) is 0 Å². The number of ether oxygens (including phenoxy) is 2. The maximum atomic E-state index is 12.3. The lowest BCUT2D eigenvalue weighted by Gasteiger charge is -2.13. The van der Waals surface area contributed by atoms with Gasteiger partial charge in [-0.1, -0.05) is 0 Å². The molecule has 0 saturated carbocycles. The van der Waals surface area contributed by atoms with E-state index in [4.69, 9.17) is 13.9 Å². The first kappa shape index (κ1) is 19.3. The quantitative estimate of drug-likeness (QED) is 0.530. The van der Waals surface area contributed by atoms with Gasteiger partial charge in [0.25, 0.3) is 0 Å². The lowest BCUT2D eigenvalue weighted by atomic mass is 10.0. The number of amides is 1. The highest BCUT2D eigenvalue weighted by molar-refractivity contribution is 5.89. The number of aryl methyl sites for hydroxylation is 1. The number of carboxylic acids is 1. The number of carbonyl (C=O) groups is 2. The number of aliphatic carboxylic acids is 1. The molecular formula is C18H20NO7-. The fraction of sp³-hybridized carbons (Fsp3) is 0.389. The summed E-state index contributed by atoms with van der Waals surface area (Å²) in [7, 11) is 2.93. The number of benzene rings is 1. The molecule has 1 N–H and O–H groups in total. The predicted molar refractivity (Wildman–Crippen MR) is 91.3 cm³/mol. The van der Waals surface area contributed by atoms with Crippen LogP contribution in [0.25, 0.3) is 11.0 Å². The molecule has 8 heteroatoms. The summed E-state index contributed by atoms with van der Waals surface area (Å²) in [5.41, 5.74) is 0.475. The number of carbonyl (C=O) groups excluding carboxylic acids is 2. The van der Waals surface area contributed by atoms with Crippen molar-refractivity contribution in [3.63, 3.8) is 0 Å². The zero-order valence-electron chi connectivity index (χ0n) is 14.8. The SMILES string of the molecule is COc1ccc2c(C)c(CC(=O)NCCCC(=O)[O-])c(=O)oc2c1OC. The number of hydrogen-bond donors (Lipinski definition) is 1. The number of rotatable bonds is 8. The van der Waals surface area contributed by atoms with E-state index in [0.717, 1.165) is 0 Å². The second kappa shape index (κ2) is 8.37. The maximum Gasteiger partial charge on any atom is 0.340 e. The fourth-order valence-corrected chi connectivity index (χ4v) is 2.65. The first-order valence-corrected chi connectivity index (χ1v) is 8.02. The van der Waals surface area contributed by atoms with E-state index in [2.05, 4.69) is 5.32 Å². The summed E-state index contributed by atoms with van der Waals surface area (Å²) < 4.78 is 15.8. The summed E-state index contributed by atoms with van der Waals surface area (Å²) in [6.07, 6.45) is -0.0425. The van der Waals surface area contributed by atoms with Crippen molar-refractivity contribution in [3.8, 4) is 11.5 Å². The van der Waals surface area contributed by atoms with Gasteiger partial charge in [-0.25, -0.2) is 4.79 Å². The van der Waals surface area contributed by atoms with Crippen LogP contribution in [0.2, 0.25) is 0 Å². The van der Waals surface area contributed by atoms with Crippen molar-refractivity contribution in [3.05, 3.63) is 33.7 Å². The minimum absolute atomic E-state index is 0.140. The molecule has 0 spiro atoms. The van der Waals surface area contributed by atoms with E-state index in [0.29, 0.717) is 22.4 Å². The Hall–Kier alpha value is -3.03. The largest absolute Gasteiger partial charge is 0.550 e. The van der Waals surface area contributed by atoms with Crippen LogP contribution in [0.5, 0.6) is 11.5 Å². The van der Waals surface area contributed by atoms with Crippen LogP contribution in [0, 0.1) is 6.92 Å². The molecule has 2 aromatic rings. The third-order valence-electron chi connectivity index (χ3n) is 4.02. The summed E-state index contributed by atoms with van der Waals surface area (Å²) in [5.74, 6) is -0.822. The van der Waals surface area contributed by atoms with E-state index in [-0.39, 0.29) is 37.0 Å². The summed E-state index contributed by atoms with van der Waals surface area (Å²) in [5, 5.41) is 13.6. The molecule has 140 valence electrons. The number of carboxylic acid groups (broad SMARTS) is 1. The average Bonchev–Trinajstić information content (AvgIpc) is 2.61. The van der Waals surface area contributed by atoms with Crippen LogP contribution in [0.4, 0.5) is 0 Å². The number of fused-ring (bicyclic) bond motifs is 1. The molecular weight excluding hydrogens is 342 g/mol. The van der Waals surface area contributed by atoms with Crippen LogP contribution in [-0.2, 0) is 16.0 Å². The Balaban J connectivity index is 2.28. The van der Waals surface area contributed by atoms with Crippen LogP contribution in [0.1, 0.15) is 24.0 Å². The van der Waals surface area contributed by atoms with Crippen molar-refractivity contribution in [1.29, 1.82) is 0 Å². The summed E-state index contributed by atoms with van der Waals surface area (Å²) in [6, 6.07) is 3.42. The van der Waals surface area contributed by atoms with Crippen molar-refractivity contribution < 1.29 is 28.6 Å². The zero-order valence-corrected chi connectivity index (χ0v) is 14.8. The highest BCUT2D eigenvalue weighted by Crippen LogP contribution is 2.36. The average molecular weight is 362 g/mol. The number of nitrogens with one attached hydrogen (secondary N) is 1. The van der Waals surface area contributed by atoms with Gasteiger partial charge in [-0.3, -0.25) is 4.79 Å². The minimum atomic E-state index is -1.17. The zero-order chi connectivity index (χ0) is 19.3. The Labute approximate surface area is 149 Å².